The molecule has 1 saturated heterocycles. The average molecular weight is 276 g/mol. The van der Waals surface area contributed by atoms with E-state index in [0.29, 0.717) is 0 Å². The van der Waals surface area contributed by atoms with Crippen LogP contribution in [0.25, 0.3) is 0 Å². The number of benzene rings is 1. The summed E-state index contributed by atoms with van der Waals surface area (Å²) >= 11 is 0. The SMILES string of the molecule is CCC(C)(C)c1ccc(C(O)CN2CCNCC2)cc1. The molecule has 0 aliphatic carbocycles. The second-order valence-corrected chi connectivity index (χ2v) is 6.43. The number of aliphatic hydroxyl groups excluding tert-OH is 1. The molecule has 1 unspecified atom stereocenters. The van der Waals surface area contributed by atoms with E-state index in [2.05, 4.69) is 55.3 Å². The molecule has 3 nitrogen and oxygen atoms in total. The first kappa shape index (κ1) is 15.5. The van der Waals surface area contributed by atoms with Gasteiger partial charge in [0.15, 0.2) is 0 Å². The van der Waals surface area contributed by atoms with E-state index in [-0.39, 0.29) is 11.5 Å². The van der Waals surface area contributed by atoms with Gasteiger partial charge in [-0.2, -0.15) is 0 Å². The van der Waals surface area contributed by atoms with Crippen molar-refractivity contribution in [2.24, 2.45) is 0 Å². The summed E-state index contributed by atoms with van der Waals surface area (Å²) in [6, 6.07) is 8.50. The molecule has 20 heavy (non-hydrogen) atoms. The van der Waals surface area contributed by atoms with Crippen molar-refractivity contribution in [3.05, 3.63) is 35.4 Å². The minimum atomic E-state index is -0.383. The van der Waals surface area contributed by atoms with Gasteiger partial charge in [-0.25, -0.2) is 0 Å². The van der Waals surface area contributed by atoms with Crippen molar-refractivity contribution in [1.29, 1.82) is 0 Å². The van der Waals surface area contributed by atoms with Crippen molar-refractivity contribution in [1.82, 2.24) is 10.2 Å². The van der Waals surface area contributed by atoms with Gasteiger partial charge in [0, 0.05) is 32.7 Å². The number of piperazine rings is 1. The molecule has 112 valence electrons. The van der Waals surface area contributed by atoms with Crippen LogP contribution in [0.1, 0.15) is 44.4 Å². The van der Waals surface area contributed by atoms with Crippen molar-refractivity contribution in [2.75, 3.05) is 32.7 Å². The van der Waals surface area contributed by atoms with Gasteiger partial charge in [0.05, 0.1) is 6.10 Å². The van der Waals surface area contributed by atoms with Crippen molar-refractivity contribution in [3.8, 4) is 0 Å². The number of rotatable bonds is 5. The molecule has 1 fully saturated rings. The first-order valence-corrected chi connectivity index (χ1v) is 7.74. The first-order valence-electron chi connectivity index (χ1n) is 7.74. The molecular weight excluding hydrogens is 248 g/mol. The molecule has 1 heterocycles. The molecule has 0 bridgehead atoms. The maximum Gasteiger partial charge on any atom is 0.0916 e. The van der Waals surface area contributed by atoms with Gasteiger partial charge >= 0.3 is 0 Å². The second-order valence-electron chi connectivity index (χ2n) is 6.43. The summed E-state index contributed by atoms with van der Waals surface area (Å²) < 4.78 is 0. The molecule has 1 aliphatic heterocycles. The van der Waals surface area contributed by atoms with E-state index in [0.717, 1.165) is 44.7 Å². The molecule has 0 radical (unpaired) electrons. The minimum Gasteiger partial charge on any atom is -0.387 e. The molecule has 3 heteroatoms. The van der Waals surface area contributed by atoms with Crippen LogP contribution in [0.3, 0.4) is 0 Å². The van der Waals surface area contributed by atoms with Gasteiger partial charge in [-0.15, -0.1) is 0 Å². The number of hydrogen-bond donors (Lipinski definition) is 2. The van der Waals surface area contributed by atoms with Crippen LogP contribution in [0, 0.1) is 0 Å². The third-order valence-electron chi connectivity index (χ3n) is 4.60. The lowest BCUT2D eigenvalue weighted by Gasteiger charge is -2.29. The van der Waals surface area contributed by atoms with Crippen LogP contribution >= 0.6 is 0 Å². The molecule has 2 rings (SSSR count). The fraction of sp³-hybridized carbons (Fsp3) is 0.647. The summed E-state index contributed by atoms with van der Waals surface area (Å²) in [6.45, 7) is 11.6. The minimum absolute atomic E-state index is 0.210. The zero-order chi connectivity index (χ0) is 14.6. The van der Waals surface area contributed by atoms with Crippen LogP contribution in [0.5, 0.6) is 0 Å². The lowest BCUT2D eigenvalue weighted by molar-refractivity contribution is 0.105. The van der Waals surface area contributed by atoms with Crippen molar-refractivity contribution in [2.45, 2.75) is 38.7 Å². The third-order valence-corrected chi connectivity index (χ3v) is 4.60. The maximum absolute atomic E-state index is 10.4. The van der Waals surface area contributed by atoms with E-state index in [9.17, 15) is 5.11 Å². The van der Waals surface area contributed by atoms with Crippen molar-refractivity contribution in [3.63, 3.8) is 0 Å². The molecule has 1 aromatic carbocycles. The number of nitrogens with one attached hydrogen (secondary N) is 1. The highest BCUT2D eigenvalue weighted by Crippen LogP contribution is 2.27. The van der Waals surface area contributed by atoms with E-state index in [1.165, 1.54) is 5.56 Å². The summed E-state index contributed by atoms with van der Waals surface area (Å²) in [4.78, 5) is 2.32. The fourth-order valence-electron chi connectivity index (χ4n) is 2.60. The number of aliphatic hydroxyl groups is 1. The highest BCUT2D eigenvalue weighted by atomic mass is 16.3. The normalized spacial score (nSPS) is 19.0. The highest BCUT2D eigenvalue weighted by Gasteiger charge is 2.19. The molecule has 1 atom stereocenters. The van der Waals surface area contributed by atoms with Crippen molar-refractivity contribution < 1.29 is 5.11 Å². The molecule has 1 aromatic rings. The molecular formula is C17H28N2O. The zero-order valence-corrected chi connectivity index (χ0v) is 13.0. The van der Waals surface area contributed by atoms with Crippen LogP contribution < -0.4 is 5.32 Å². The van der Waals surface area contributed by atoms with Crippen LogP contribution in [-0.4, -0.2) is 42.7 Å². The van der Waals surface area contributed by atoms with Gasteiger partial charge in [0.1, 0.15) is 0 Å². The van der Waals surface area contributed by atoms with Crippen molar-refractivity contribution >= 4 is 0 Å². The zero-order valence-electron chi connectivity index (χ0n) is 13.0. The Morgan fingerprint density at radius 2 is 1.80 bits per heavy atom. The topological polar surface area (TPSA) is 35.5 Å². The standard InChI is InChI=1S/C17H28N2O/c1-4-17(2,3)15-7-5-14(6-8-15)16(20)13-19-11-9-18-10-12-19/h5-8,16,18,20H,4,9-13H2,1-3H3. The summed E-state index contributed by atoms with van der Waals surface area (Å²) in [5.41, 5.74) is 2.58. The van der Waals surface area contributed by atoms with Gasteiger partial charge in [0.2, 0.25) is 0 Å². The number of nitrogens with zero attached hydrogens (tertiary/aromatic N) is 1. The van der Waals surface area contributed by atoms with E-state index in [1.807, 2.05) is 0 Å². The highest BCUT2D eigenvalue weighted by molar-refractivity contribution is 5.29. The monoisotopic (exact) mass is 276 g/mol. The third kappa shape index (κ3) is 3.81. The van der Waals surface area contributed by atoms with E-state index < -0.39 is 0 Å². The van der Waals surface area contributed by atoms with E-state index >= 15 is 0 Å². The number of hydrogen-bond acceptors (Lipinski definition) is 3. The Bertz CT molecular complexity index is 408. The molecule has 2 N–H and O–H groups in total. The van der Waals surface area contributed by atoms with Gasteiger partial charge in [-0.1, -0.05) is 45.0 Å². The molecule has 0 saturated carbocycles. The van der Waals surface area contributed by atoms with Gasteiger partial charge < -0.3 is 10.4 Å². The van der Waals surface area contributed by atoms with Crippen LogP contribution in [0.4, 0.5) is 0 Å². The van der Waals surface area contributed by atoms with E-state index in [4.69, 9.17) is 0 Å². The Morgan fingerprint density at radius 3 is 2.35 bits per heavy atom. The largest absolute Gasteiger partial charge is 0.387 e. The average Bonchev–Trinajstić information content (AvgIpc) is 2.48. The smallest absolute Gasteiger partial charge is 0.0916 e. The predicted octanol–water partition coefficient (Wildman–Crippen LogP) is 2.31. The van der Waals surface area contributed by atoms with Gasteiger partial charge in [0.25, 0.3) is 0 Å². The Hall–Kier alpha value is -0.900. The Kier molecular flexibility index (Phi) is 5.19. The first-order chi connectivity index (χ1) is 9.53. The Labute approximate surface area is 123 Å². The molecule has 1 aliphatic rings. The summed E-state index contributed by atoms with van der Waals surface area (Å²) in [5.74, 6) is 0. The Morgan fingerprint density at radius 1 is 1.20 bits per heavy atom. The maximum atomic E-state index is 10.4. The predicted molar refractivity (Wildman–Crippen MR) is 84.0 cm³/mol. The van der Waals surface area contributed by atoms with Gasteiger partial charge in [-0.05, 0) is 23.0 Å². The number of β-amino-alcohol motifs (C(OH)–C–C–N with tert-alkyl or cyclic N) is 1. The Balaban J connectivity index is 1.98. The van der Waals surface area contributed by atoms with Crippen LogP contribution in [0.15, 0.2) is 24.3 Å². The van der Waals surface area contributed by atoms with Crippen LogP contribution in [0.2, 0.25) is 0 Å². The van der Waals surface area contributed by atoms with E-state index in [1.54, 1.807) is 0 Å². The summed E-state index contributed by atoms with van der Waals surface area (Å²) in [7, 11) is 0. The molecule has 0 spiro atoms. The summed E-state index contributed by atoms with van der Waals surface area (Å²) in [5, 5.41) is 13.7. The second kappa shape index (κ2) is 6.70. The quantitative estimate of drug-likeness (QED) is 0.866. The van der Waals surface area contributed by atoms with Crippen LogP contribution in [-0.2, 0) is 5.41 Å². The molecule has 0 aromatic heterocycles. The lowest BCUT2D eigenvalue weighted by atomic mass is 9.82. The summed E-state index contributed by atoms with van der Waals surface area (Å²) in [6.07, 6.45) is 0.738. The fourth-order valence-corrected chi connectivity index (χ4v) is 2.60. The molecule has 0 amide bonds. The van der Waals surface area contributed by atoms with Gasteiger partial charge in [-0.3, -0.25) is 4.90 Å². The lowest BCUT2D eigenvalue weighted by Crippen LogP contribution is -2.44.